The van der Waals surface area contributed by atoms with Crippen LogP contribution in [0.5, 0.6) is 5.75 Å². The Morgan fingerprint density at radius 1 is 1.12 bits per heavy atom. The van der Waals surface area contributed by atoms with Gasteiger partial charge in [0, 0.05) is 35.8 Å². The van der Waals surface area contributed by atoms with Crippen LogP contribution >= 0.6 is 11.6 Å². The van der Waals surface area contributed by atoms with Crippen molar-refractivity contribution in [1.29, 1.82) is 0 Å². The highest BCUT2D eigenvalue weighted by Gasteiger charge is 2.57. The van der Waals surface area contributed by atoms with Gasteiger partial charge in [-0.05, 0) is 61.6 Å². The van der Waals surface area contributed by atoms with Crippen molar-refractivity contribution in [3.8, 4) is 5.75 Å². The minimum atomic E-state index is -0.608. The van der Waals surface area contributed by atoms with Crippen LogP contribution < -0.4 is 20.7 Å². The summed E-state index contributed by atoms with van der Waals surface area (Å²) in [6.45, 7) is 1.19. The third-order valence-electron chi connectivity index (χ3n) is 5.94. The van der Waals surface area contributed by atoms with Crippen LogP contribution in [0.1, 0.15) is 36.5 Å². The van der Waals surface area contributed by atoms with Gasteiger partial charge in [-0.3, -0.25) is 14.4 Å². The van der Waals surface area contributed by atoms with Gasteiger partial charge in [0.15, 0.2) is 6.61 Å². The van der Waals surface area contributed by atoms with Crippen LogP contribution in [-0.4, -0.2) is 35.9 Å². The van der Waals surface area contributed by atoms with Gasteiger partial charge in [0.25, 0.3) is 11.8 Å². The molecular weight excluding hydrogens is 437 g/mol. The smallest absolute Gasteiger partial charge is 0.258 e. The lowest BCUT2D eigenvalue weighted by atomic mass is 9.76. The van der Waals surface area contributed by atoms with Crippen molar-refractivity contribution in [2.75, 3.05) is 11.9 Å². The van der Waals surface area contributed by atoms with E-state index in [9.17, 15) is 18.8 Å². The molecule has 1 unspecified atom stereocenters. The van der Waals surface area contributed by atoms with Crippen molar-refractivity contribution >= 4 is 35.0 Å². The molecule has 3 fully saturated rings. The van der Waals surface area contributed by atoms with Crippen LogP contribution in [0.15, 0.2) is 42.5 Å². The highest BCUT2D eigenvalue weighted by molar-refractivity contribution is 6.30. The monoisotopic (exact) mass is 459 g/mol. The summed E-state index contributed by atoms with van der Waals surface area (Å²) < 4.78 is 18.8. The summed E-state index contributed by atoms with van der Waals surface area (Å²) in [5, 5.41) is 8.72. The van der Waals surface area contributed by atoms with E-state index in [4.69, 9.17) is 16.3 Å². The molecule has 3 aliphatic rings. The van der Waals surface area contributed by atoms with Gasteiger partial charge in [-0.15, -0.1) is 0 Å². The van der Waals surface area contributed by atoms with Gasteiger partial charge >= 0.3 is 0 Å². The lowest BCUT2D eigenvalue weighted by molar-refractivity contribution is -0.124. The second-order valence-corrected chi connectivity index (χ2v) is 8.81. The molecule has 168 valence electrons. The quantitative estimate of drug-likeness (QED) is 0.592. The number of carbonyl (C=O) groups is 3. The number of nitrogens with one attached hydrogen (secondary N) is 3. The lowest BCUT2D eigenvalue weighted by Gasteiger charge is -2.39. The van der Waals surface area contributed by atoms with Gasteiger partial charge in [-0.25, -0.2) is 4.39 Å². The molecule has 9 heteroatoms. The van der Waals surface area contributed by atoms with E-state index in [0.29, 0.717) is 23.6 Å². The van der Waals surface area contributed by atoms with Crippen molar-refractivity contribution in [1.82, 2.24) is 10.6 Å². The molecule has 3 saturated carbocycles. The predicted molar refractivity (Wildman–Crippen MR) is 117 cm³/mol. The molecule has 2 bridgehead atoms. The fourth-order valence-electron chi connectivity index (χ4n) is 4.49. The molecule has 2 aromatic rings. The number of fused-ring (bicyclic) bond motifs is 1. The first-order chi connectivity index (χ1) is 15.2. The average molecular weight is 460 g/mol. The molecule has 0 heterocycles. The molecule has 3 N–H and O–H groups in total. The van der Waals surface area contributed by atoms with Crippen molar-refractivity contribution < 1.29 is 23.5 Å². The van der Waals surface area contributed by atoms with Gasteiger partial charge in [0.2, 0.25) is 5.91 Å². The topological polar surface area (TPSA) is 96.5 Å². The van der Waals surface area contributed by atoms with E-state index >= 15 is 0 Å². The molecule has 0 saturated heterocycles. The summed E-state index contributed by atoms with van der Waals surface area (Å²) in [6, 6.07) is 10.7. The number of anilines is 1. The van der Waals surface area contributed by atoms with E-state index in [0.717, 1.165) is 18.9 Å². The van der Waals surface area contributed by atoms with Crippen molar-refractivity contribution in [3.05, 3.63) is 58.9 Å². The molecule has 7 nitrogen and oxygen atoms in total. The number of hydrogen-bond acceptors (Lipinski definition) is 4. The van der Waals surface area contributed by atoms with Crippen LogP contribution in [0.4, 0.5) is 10.1 Å². The van der Waals surface area contributed by atoms with E-state index in [1.165, 1.54) is 19.1 Å². The number of benzene rings is 2. The van der Waals surface area contributed by atoms with Crippen LogP contribution in [0.2, 0.25) is 5.02 Å². The molecule has 1 atom stereocenters. The molecule has 5 rings (SSSR count). The SMILES string of the molecule is CC(=O)Nc1ccc(C(=O)NC23CC(C2)C(NC(=O)COc2ccc(Cl)c(F)c2)C3)cc1. The highest BCUT2D eigenvalue weighted by atomic mass is 35.5. The fourth-order valence-corrected chi connectivity index (χ4v) is 4.61. The Labute approximate surface area is 189 Å². The first-order valence-corrected chi connectivity index (χ1v) is 10.7. The number of rotatable bonds is 7. The fraction of sp³-hybridized carbons (Fsp3) is 0.348. The van der Waals surface area contributed by atoms with Crippen molar-refractivity contribution in [3.63, 3.8) is 0 Å². The van der Waals surface area contributed by atoms with Crippen LogP contribution in [0.25, 0.3) is 0 Å². The molecule has 32 heavy (non-hydrogen) atoms. The Balaban J connectivity index is 1.26. The molecule has 3 amide bonds. The third-order valence-corrected chi connectivity index (χ3v) is 6.25. The molecular formula is C23H23ClFN3O4. The van der Waals surface area contributed by atoms with Crippen molar-refractivity contribution in [2.24, 2.45) is 5.92 Å². The summed E-state index contributed by atoms with van der Waals surface area (Å²) in [4.78, 5) is 36.0. The van der Waals surface area contributed by atoms with E-state index in [-0.39, 0.29) is 46.7 Å². The molecule has 0 spiro atoms. The lowest BCUT2D eigenvalue weighted by Crippen LogP contribution is -2.51. The largest absolute Gasteiger partial charge is 0.484 e. The Kier molecular flexibility index (Phi) is 6.06. The van der Waals surface area contributed by atoms with Crippen molar-refractivity contribution in [2.45, 2.75) is 37.8 Å². The van der Waals surface area contributed by atoms with Crippen LogP contribution in [0, 0.1) is 11.7 Å². The molecule has 0 aliphatic heterocycles. The highest BCUT2D eigenvalue weighted by Crippen LogP contribution is 2.52. The first kappa shape index (κ1) is 22.1. The number of carbonyl (C=O) groups excluding carboxylic acids is 3. The van der Waals surface area contributed by atoms with Gasteiger partial charge in [-0.1, -0.05) is 11.6 Å². The predicted octanol–water partition coefficient (Wildman–Crippen LogP) is 3.28. The van der Waals surface area contributed by atoms with Gasteiger partial charge < -0.3 is 20.7 Å². The zero-order valence-electron chi connectivity index (χ0n) is 17.4. The summed E-state index contributed by atoms with van der Waals surface area (Å²) >= 11 is 5.64. The minimum Gasteiger partial charge on any atom is -0.484 e. The van der Waals surface area contributed by atoms with Gasteiger partial charge in [0.1, 0.15) is 11.6 Å². The zero-order valence-corrected chi connectivity index (χ0v) is 18.2. The Morgan fingerprint density at radius 3 is 2.50 bits per heavy atom. The summed E-state index contributed by atoms with van der Waals surface area (Å²) in [7, 11) is 0. The maximum absolute atomic E-state index is 13.5. The number of amides is 3. The first-order valence-electron chi connectivity index (χ1n) is 10.3. The van der Waals surface area contributed by atoms with Crippen LogP contribution in [0.3, 0.4) is 0 Å². The molecule has 3 aliphatic carbocycles. The Bertz CT molecular complexity index is 1050. The van der Waals surface area contributed by atoms with E-state index in [1.807, 2.05) is 0 Å². The zero-order chi connectivity index (χ0) is 22.9. The van der Waals surface area contributed by atoms with E-state index in [1.54, 1.807) is 24.3 Å². The maximum Gasteiger partial charge on any atom is 0.258 e. The van der Waals surface area contributed by atoms with E-state index < -0.39 is 5.82 Å². The normalized spacial score (nSPS) is 23.1. The number of hydrogen-bond donors (Lipinski definition) is 3. The Morgan fingerprint density at radius 2 is 1.84 bits per heavy atom. The molecule has 2 aromatic carbocycles. The second-order valence-electron chi connectivity index (χ2n) is 8.40. The van der Waals surface area contributed by atoms with Crippen LogP contribution in [-0.2, 0) is 9.59 Å². The average Bonchev–Trinajstić information content (AvgIpc) is 3.22. The van der Waals surface area contributed by atoms with Gasteiger partial charge in [-0.2, -0.15) is 0 Å². The van der Waals surface area contributed by atoms with E-state index in [2.05, 4.69) is 16.0 Å². The van der Waals surface area contributed by atoms with Gasteiger partial charge in [0.05, 0.1) is 5.02 Å². The minimum absolute atomic E-state index is 0.0106. The number of halogens is 2. The Hall–Kier alpha value is -3.13. The summed E-state index contributed by atoms with van der Waals surface area (Å²) in [5.74, 6) is -0.735. The summed E-state index contributed by atoms with van der Waals surface area (Å²) in [5.41, 5.74) is 0.812. The second kappa shape index (κ2) is 8.78. The maximum atomic E-state index is 13.5. The standard InChI is InChI=1S/C23H23ClFN3O4/c1-13(29)26-16-4-2-14(3-5-16)22(31)28-23-9-15(10-23)20(11-23)27-21(30)12-32-17-6-7-18(24)19(25)8-17/h2-8,15,20H,9-12H2,1H3,(H,26,29)(H,27,30)(H,28,31). The number of ether oxygens (including phenoxy) is 1. The molecule has 0 radical (unpaired) electrons. The third kappa shape index (κ3) is 4.85. The molecule has 0 aromatic heterocycles. The summed E-state index contributed by atoms with van der Waals surface area (Å²) in [6.07, 6.45) is 2.25.